The van der Waals surface area contributed by atoms with Gasteiger partial charge in [0.25, 0.3) is 0 Å². The number of aliphatic imine (C=N–C) groups is 1. The Kier molecular flexibility index (Phi) is 2.40. The van der Waals surface area contributed by atoms with Gasteiger partial charge in [0, 0.05) is 21.8 Å². The van der Waals surface area contributed by atoms with Crippen molar-refractivity contribution in [3.8, 4) is 0 Å². The third-order valence-electron chi connectivity index (χ3n) is 2.65. The van der Waals surface area contributed by atoms with Crippen LogP contribution >= 0.6 is 11.3 Å². The topological polar surface area (TPSA) is 24.4 Å². The molecule has 5 heteroatoms. The van der Waals surface area contributed by atoms with Crippen molar-refractivity contribution in [1.82, 2.24) is 5.32 Å². The van der Waals surface area contributed by atoms with Gasteiger partial charge in [-0.2, -0.15) is 4.39 Å². The highest BCUT2D eigenvalue weighted by molar-refractivity contribution is 7.17. The van der Waals surface area contributed by atoms with Crippen molar-refractivity contribution in [2.45, 2.75) is 6.04 Å². The molecule has 0 saturated carbocycles. The van der Waals surface area contributed by atoms with Gasteiger partial charge in [0.2, 0.25) is 0 Å². The van der Waals surface area contributed by atoms with E-state index >= 15 is 0 Å². The summed E-state index contributed by atoms with van der Waals surface area (Å²) in [7, 11) is 0. The van der Waals surface area contributed by atoms with Crippen LogP contribution in [0.4, 0.5) is 8.78 Å². The van der Waals surface area contributed by atoms with E-state index in [-0.39, 0.29) is 17.0 Å². The summed E-state index contributed by atoms with van der Waals surface area (Å²) in [6.45, 7) is 0. The van der Waals surface area contributed by atoms with Gasteiger partial charge >= 0.3 is 0 Å². The van der Waals surface area contributed by atoms with Crippen molar-refractivity contribution in [2.75, 3.05) is 0 Å². The molecule has 3 rings (SSSR count). The Balaban J connectivity index is 2.20. The molecule has 1 N–H and O–H groups in total. The lowest BCUT2D eigenvalue weighted by atomic mass is 10.1. The summed E-state index contributed by atoms with van der Waals surface area (Å²) in [6, 6.07) is 4.02. The summed E-state index contributed by atoms with van der Waals surface area (Å²) < 4.78 is 27.9. The highest BCUT2D eigenvalue weighted by atomic mass is 32.1. The minimum atomic E-state index is -0.356. The number of hydrogen-bond donors (Lipinski definition) is 1. The van der Waals surface area contributed by atoms with Gasteiger partial charge in [-0.1, -0.05) is 0 Å². The molecule has 1 aromatic heterocycles. The molecular weight excluding hydrogens is 242 g/mol. The molecule has 0 spiro atoms. The van der Waals surface area contributed by atoms with Crippen LogP contribution in [0, 0.1) is 10.9 Å². The van der Waals surface area contributed by atoms with Gasteiger partial charge in [0.15, 0.2) is 5.13 Å². The van der Waals surface area contributed by atoms with Crippen LogP contribution in [-0.2, 0) is 0 Å². The van der Waals surface area contributed by atoms with E-state index in [0.717, 1.165) is 16.0 Å². The second kappa shape index (κ2) is 3.92. The fourth-order valence-corrected chi connectivity index (χ4v) is 2.84. The molecule has 0 saturated heterocycles. The Hall–Kier alpha value is -1.75. The van der Waals surface area contributed by atoms with E-state index in [2.05, 4.69) is 10.3 Å². The molecule has 1 atom stereocenters. The van der Waals surface area contributed by atoms with Crippen molar-refractivity contribution < 1.29 is 8.78 Å². The Labute approximate surface area is 100 Å². The van der Waals surface area contributed by atoms with E-state index in [1.807, 2.05) is 0 Å². The molecule has 2 heterocycles. The maximum atomic E-state index is 13.9. The van der Waals surface area contributed by atoms with Crippen molar-refractivity contribution in [3.63, 3.8) is 0 Å². The highest BCUT2D eigenvalue weighted by Gasteiger charge is 2.20. The number of fused-ring (bicyclic) bond motifs is 1. The predicted octanol–water partition coefficient (Wildman–Crippen LogP) is 3.37. The quantitative estimate of drug-likeness (QED) is 0.824. The van der Waals surface area contributed by atoms with E-state index in [1.54, 1.807) is 18.3 Å². The Morgan fingerprint density at radius 3 is 2.94 bits per heavy atom. The van der Waals surface area contributed by atoms with Gasteiger partial charge in [0.05, 0.1) is 12.4 Å². The molecule has 1 unspecified atom stereocenters. The fraction of sp³-hybridized carbons (Fsp3) is 0.0833. The molecular formula is C12H8F2N2S. The first-order valence-electron chi connectivity index (χ1n) is 5.07. The largest absolute Gasteiger partial charge is 0.366 e. The Morgan fingerprint density at radius 1 is 1.29 bits per heavy atom. The summed E-state index contributed by atoms with van der Waals surface area (Å²) in [5.41, 5.74) is 0.479. The number of halogens is 2. The molecule has 0 bridgehead atoms. The molecule has 2 nitrogen and oxygen atoms in total. The predicted molar refractivity (Wildman–Crippen MR) is 65.2 cm³/mol. The molecule has 1 aliphatic heterocycles. The van der Waals surface area contributed by atoms with Gasteiger partial charge in [-0.05, 0) is 24.3 Å². The molecule has 0 aliphatic carbocycles. The van der Waals surface area contributed by atoms with Crippen LogP contribution < -0.4 is 5.32 Å². The van der Waals surface area contributed by atoms with Crippen LogP contribution in [0.25, 0.3) is 10.1 Å². The SMILES string of the molecule is Fc1ccc2sc(F)c(C3C=CN=CN3)c2c1. The van der Waals surface area contributed by atoms with Crippen LogP contribution in [0.2, 0.25) is 0 Å². The molecule has 1 aliphatic rings. The van der Waals surface area contributed by atoms with Crippen LogP contribution in [0.5, 0.6) is 0 Å². The molecule has 0 fully saturated rings. The standard InChI is InChI=1S/C12H8F2N2S/c13-7-1-2-10-8(5-7)11(12(14)17-10)9-3-4-15-6-16-9/h1-6,9H,(H,15,16). The van der Waals surface area contributed by atoms with Crippen molar-refractivity contribution in [3.05, 3.63) is 47.0 Å². The second-order valence-electron chi connectivity index (χ2n) is 3.69. The number of thiophene rings is 1. The van der Waals surface area contributed by atoms with Gasteiger partial charge in [-0.15, -0.1) is 11.3 Å². The minimum absolute atomic E-state index is 0.289. The fourth-order valence-electron chi connectivity index (χ4n) is 1.89. The van der Waals surface area contributed by atoms with Gasteiger partial charge in [-0.25, -0.2) is 9.38 Å². The minimum Gasteiger partial charge on any atom is -0.366 e. The zero-order chi connectivity index (χ0) is 11.8. The summed E-state index contributed by atoms with van der Waals surface area (Å²) in [4.78, 5) is 3.85. The van der Waals surface area contributed by atoms with Crippen LogP contribution in [0.3, 0.4) is 0 Å². The van der Waals surface area contributed by atoms with E-state index in [4.69, 9.17) is 0 Å². The smallest absolute Gasteiger partial charge is 0.183 e. The Bertz CT molecular complexity index is 631. The number of benzene rings is 1. The first-order valence-corrected chi connectivity index (χ1v) is 5.89. The number of rotatable bonds is 1. The summed E-state index contributed by atoms with van der Waals surface area (Å²) in [5, 5.41) is 3.27. The zero-order valence-electron chi connectivity index (χ0n) is 8.65. The van der Waals surface area contributed by atoms with Gasteiger partial charge in [0.1, 0.15) is 5.82 Å². The van der Waals surface area contributed by atoms with Gasteiger partial charge in [-0.3, -0.25) is 0 Å². The van der Waals surface area contributed by atoms with Crippen LogP contribution in [-0.4, -0.2) is 6.34 Å². The Morgan fingerprint density at radius 2 is 2.18 bits per heavy atom. The maximum absolute atomic E-state index is 13.9. The summed E-state index contributed by atoms with van der Waals surface area (Å²) in [5.74, 6) is -0.356. The second-order valence-corrected chi connectivity index (χ2v) is 4.70. The highest BCUT2D eigenvalue weighted by Crippen LogP contribution is 2.35. The van der Waals surface area contributed by atoms with E-state index in [1.165, 1.54) is 18.5 Å². The summed E-state index contributed by atoms with van der Waals surface area (Å²) in [6.07, 6.45) is 4.85. The lowest BCUT2D eigenvalue weighted by Crippen LogP contribution is -2.20. The number of nitrogens with zero attached hydrogens (tertiary/aromatic N) is 1. The first kappa shape index (κ1) is 10.4. The zero-order valence-corrected chi connectivity index (χ0v) is 9.47. The van der Waals surface area contributed by atoms with Crippen molar-refractivity contribution >= 4 is 27.8 Å². The third-order valence-corrected chi connectivity index (χ3v) is 3.62. The van der Waals surface area contributed by atoms with Crippen molar-refractivity contribution in [1.29, 1.82) is 0 Å². The average Bonchev–Trinajstić information content (AvgIpc) is 2.65. The van der Waals surface area contributed by atoms with E-state index in [9.17, 15) is 8.78 Å². The van der Waals surface area contributed by atoms with Crippen LogP contribution in [0.15, 0.2) is 35.5 Å². The molecule has 86 valence electrons. The molecule has 0 amide bonds. The van der Waals surface area contributed by atoms with E-state index < -0.39 is 0 Å². The van der Waals surface area contributed by atoms with Gasteiger partial charge < -0.3 is 5.32 Å². The van der Waals surface area contributed by atoms with E-state index in [0.29, 0.717) is 10.9 Å². The lowest BCUT2D eigenvalue weighted by Gasteiger charge is -2.14. The lowest BCUT2D eigenvalue weighted by molar-refractivity contribution is 0.621. The average molecular weight is 250 g/mol. The molecule has 2 aromatic rings. The summed E-state index contributed by atoms with van der Waals surface area (Å²) >= 11 is 1.03. The number of nitrogens with one attached hydrogen (secondary N) is 1. The normalized spacial score (nSPS) is 18.6. The maximum Gasteiger partial charge on any atom is 0.183 e. The molecule has 1 aromatic carbocycles. The molecule has 0 radical (unpaired) electrons. The van der Waals surface area contributed by atoms with Crippen LogP contribution in [0.1, 0.15) is 11.6 Å². The number of hydrogen-bond acceptors (Lipinski definition) is 3. The third kappa shape index (κ3) is 1.72. The van der Waals surface area contributed by atoms with Crippen molar-refractivity contribution in [2.24, 2.45) is 4.99 Å². The first-order chi connectivity index (χ1) is 8.25. The monoisotopic (exact) mass is 250 g/mol. The molecule has 17 heavy (non-hydrogen) atoms.